The highest BCUT2D eigenvalue weighted by atomic mass is 32.2. The van der Waals surface area contributed by atoms with Crippen molar-refractivity contribution in [2.45, 2.75) is 13.8 Å². The third-order valence-corrected chi connectivity index (χ3v) is 3.95. The second-order valence-electron chi connectivity index (χ2n) is 3.53. The van der Waals surface area contributed by atoms with Crippen LogP contribution in [0.15, 0.2) is 6.20 Å². The lowest BCUT2D eigenvalue weighted by atomic mass is 10.3. The molecule has 1 aromatic heterocycles. The first-order chi connectivity index (χ1) is 7.98. The summed E-state index contributed by atoms with van der Waals surface area (Å²) < 4.78 is 22.6. The van der Waals surface area contributed by atoms with Gasteiger partial charge in [-0.05, 0) is 6.92 Å². The molecule has 0 saturated carbocycles. The minimum Gasteiger partial charge on any atom is -0.369 e. The van der Waals surface area contributed by atoms with Gasteiger partial charge in [0.15, 0.2) is 9.84 Å². The van der Waals surface area contributed by atoms with Crippen LogP contribution in [0.25, 0.3) is 0 Å². The average Bonchev–Trinajstić information content (AvgIpc) is 2.31. The highest BCUT2D eigenvalue weighted by Gasteiger charge is 2.08. The Kier molecular flexibility index (Phi) is 4.64. The second kappa shape index (κ2) is 5.78. The van der Waals surface area contributed by atoms with Crippen LogP contribution in [0, 0.1) is 6.92 Å². The van der Waals surface area contributed by atoms with Crippen LogP contribution in [-0.2, 0) is 9.84 Å². The van der Waals surface area contributed by atoms with Gasteiger partial charge in [-0.25, -0.2) is 19.2 Å². The molecule has 0 amide bonds. The molecule has 0 radical (unpaired) electrons. The van der Waals surface area contributed by atoms with Crippen molar-refractivity contribution < 1.29 is 8.42 Å². The Hall–Kier alpha value is -1.41. The quantitative estimate of drug-likeness (QED) is 0.484. The summed E-state index contributed by atoms with van der Waals surface area (Å²) in [7, 11) is -2.96. The third-order valence-electron chi connectivity index (χ3n) is 2.25. The maximum absolute atomic E-state index is 11.3. The van der Waals surface area contributed by atoms with Gasteiger partial charge in [-0.2, -0.15) is 4.98 Å². The smallest absolute Gasteiger partial charge is 0.239 e. The molecule has 0 atom stereocenters. The normalized spacial score (nSPS) is 11.2. The van der Waals surface area contributed by atoms with Gasteiger partial charge in [-0.15, -0.1) is 0 Å². The molecule has 0 aliphatic rings. The van der Waals surface area contributed by atoms with Crippen molar-refractivity contribution in [1.82, 2.24) is 9.97 Å². The molecule has 4 N–H and O–H groups in total. The molecule has 0 saturated heterocycles. The fourth-order valence-electron chi connectivity index (χ4n) is 1.16. The molecule has 1 rings (SSSR count). The van der Waals surface area contributed by atoms with Crippen LogP contribution >= 0.6 is 0 Å². The van der Waals surface area contributed by atoms with E-state index in [1.807, 2.05) is 6.92 Å². The number of hydrogen-bond donors (Lipinski definition) is 3. The zero-order valence-electron chi connectivity index (χ0n) is 9.90. The van der Waals surface area contributed by atoms with E-state index >= 15 is 0 Å². The lowest BCUT2D eigenvalue weighted by Gasteiger charge is -2.09. The molecule has 1 heterocycles. The fourth-order valence-corrected chi connectivity index (χ4v) is 1.86. The van der Waals surface area contributed by atoms with Crippen molar-refractivity contribution in [3.05, 3.63) is 11.8 Å². The first-order valence-corrected chi connectivity index (χ1v) is 7.05. The molecule has 1 aromatic rings. The third kappa shape index (κ3) is 4.16. The number of nitrogens with zero attached hydrogens (tertiary/aromatic N) is 2. The predicted molar refractivity (Wildman–Crippen MR) is 67.4 cm³/mol. The summed E-state index contributed by atoms with van der Waals surface area (Å²) in [6.45, 7) is 3.77. The van der Waals surface area contributed by atoms with Gasteiger partial charge in [0.25, 0.3) is 0 Å². The molecule has 7 nitrogen and oxygen atoms in total. The Labute approximate surface area is 101 Å². The highest BCUT2D eigenvalue weighted by Crippen LogP contribution is 2.11. The van der Waals surface area contributed by atoms with Crippen molar-refractivity contribution in [3.8, 4) is 0 Å². The standard InChI is InChI=1S/C9H17N5O2S/c1-3-17(15,16)5-4-11-8-7(2)6-12-9(13-8)14-10/h6H,3-5,10H2,1-2H3,(H2,11,12,13,14). The number of hydrogen-bond acceptors (Lipinski definition) is 7. The van der Waals surface area contributed by atoms with Crippen molar-refractivity contribution >= 4 is 21.6 Å². The van der Waals surface area contributed by atoms with Crippen LogP contribution in [0.4, 0.5) is 11.8 Å². The molecule has 0 aromatic carbocycles. The molecule has 96 valence electrons. The lowest BCUT2D eigenvalue weighted by molar-refractivity contribution is 0.597. The van der Waals surface area contributed by atoms with Crippen LogP contribution in [0.3, 0.4) is 0 Å². The highest BCUT2D eigenvalue weighted by molar-refractivity contribution is 7.91. The SMILES string of the molecule is CCS(=O)(=O)CCNc1nc(NN)ncc1C. The van der Waals surface area contributed by atoms with Crippen LogP contribution in [-0.4, -0.2) is 36.4 Å². The van der Waals surface area contributed by atoms with Gasteiger partial charge in [0.2, 0.25) is 5.95 Å². The number of nitrogens with two attached hydrogens (primary N) is 1. The minimum atomic E-state index is -2.96. The van der Waals surface area contributed by atoms with Gasteiger partial charge in [-0.3, -0.25) is 5.43 Å². The van der Waals surface area contributed by atoms with Crippen LogP contribution in [0.1, 0.15) is 12.5 Å². The number of rotatable bonds is 6. The minimum absolute atomic E-state index is 0.0817. The van der Waals surface area contributed by atoms with E-state index in [0.29, 0.717) is 12.4 Å². The van der Waals surface area contributed by atoms with Crippen molar-refractivity contribution in [2.75, 3.05) is 28.8 Å². The van der Waals surface area contributed by atoms with Crippen LogP contribution in [0.2, 0.25) is 0 Å². The summed E-state index contributed by atoms with van der Waals surface area (Å²) in [5, 5.41) is 2.95. The molecule has 17 heavy (non-hydrogen) atoms. The van der Waals surface area contributed by atoms with Gasteiger partial charge in [0.05, 0.1) is 5.75 Å². The Morgan fingerprint density at radius 3 is 2.76 bits per heavy atom. The summed E-state index contributed by atoms with van der Waals surface area (Å²) >= 11 is 0. The number of hydrazine groups is 1. The molecular weight excluding hydrogens is 242 g/mol. The zero-order valence-corrected chi connectivity index (χ0v) is 10.7. The molecular formula is C9H17N5O2S. The van der Waals surface area contributed by atoms with E-state index in [1.165, 1.54) is 0 Å². The second-order valence-corrected chi connectivity index (χ2v) is 6.01. The summed E-state index contributed by atoms with van der Waals surface area (Å²) in [5.41, 5.74) is 3.16. The molecule has 0 aliphatic heterocycles. The Morgan fingerprint density at radius 1 is 1.47 bits per heavy atom. The van der Waals surface area contributed by atoms with Crippen LogP contribution < -0.4 is 16.6 Å². The topological polar surface area (TPSA) is 110 Å². The monoisotopic (exact) mass is 259 g/mol. The largest absolute Gasteiger partial charge is 0.369 e. The Bertz CT molecular complexity index is 474. The summed E-state index contributed by atoms with van der Waals surface area (Å²) in [5.74, 6) is 6.29. The van der Waals surface area contributed by atoms with E-state index in [4.69, 9.17) is 5.84 Å². The van der Waals surface area contributed by atoms with E-state index < -0.39 is 9.84 Å². The van der Waals surface area contributed by atoms with Gasteiger partial charge in [-0.1, -0.05) is 6.92 Å². The van der Waals surface area contributed by atoms with Gasteiger partial charge >= 0.3 is 0 Å². The van der Waals surface area contributed by atoms with Crippen LogP contribution in [0.5, 0.6) is 0 Å². The predicted octanol–water partition coefficient (Wildman–Crippen LogP) is -0.0828. The lowest BCUT2D eigenvalue weighted by Crippen LogP contribution is -2.19. The van der Waals surface area contributed by atoms with Gasteiger partial charge < -0.3 is 5.32 Å². The molecule has 0 unspecified atom stereocenters. The number of nitrogens with one attached hydrogen (secondary N) is 2. The van der Waals surface area contributed by atoms with Crippen molar-refractivity contribution in [1.29, 1.82) is 0 Å². The van der Waals surface area contributed by atoms with Crippen molar-refractivity contribution in [3.63, 3.8) is 0 Å². The van der Waals surface area contributed by atoms with Crippen molar-refractivity contribution in [2.24, 2.45) is 5.84 Å². The number of aryl methyl sites for hydroxylation is 1. The number of nitrogen functional groups attached to an aromatic ring is 1. The molecule has 0 fully saturated rings. The van der Waals surface area contributed by atoms with E-state index in [0.717, 1.165) is 5.56 Å². The van der Waals surface area contributed by atoms with E-state index in [1.54, 1.807) is 13.1 Å². The molecule has 8 heteroatoms. The van der Waals surface area contributed by atoms with Gasteiger partial charge in [0, 0.05) is 24.1 Å². The number of aromatic nitrogens is 2. The molecule has 0 bridgehead atoms. The van der Waals surface area contributed by atoms with E-state index in [9.17, 15) is 8.42 Å². The average molecular weight is 259 g/mol. The maximum atomic E-state index is 11.3. The summed E-state index contributed by atoms with van der Waals surface area (Å²) in [6.07, 6.45) is 1.61. The number of anilines is 2. The van der Waals surface area contributed by atoms with E-state index in [2.05, 4.69) is 20.7 Å². The fraction of sp³-hybridized carbons (Fsp3) is 0.556. The summed E-state index contributed by atoms with van der Waals surface area (Å²) in [4.78, 5) is 8.01. The summed E-state index contributed by atoms with van der Waals surface area (Å²) in [6, 6.07) is 0. The first-order valence-electron chi connectivity index (χ1n) is 5.23. The maximum Gasteiger partial charge on any atom is 0.239 e. The van der Waals surface area contributed by atoms with E-state index in [-0.39, 0.29) is 17.5 Å². The molecule has 0 aliphatic carbocycles. The Morgan fingerprint density at radius 2 is 2.18 bits per heavy atom. The number of sulfone groups is 1. The zero-order chi connectivity index (χ0) is 12.9. The first kappa shape index (κ1) is 13.7. The molecule has 0 spiro atoms. The van der Waals surface area contributed by atoms with Gasteiger partial charge in [0.1, 0.15) is 5.82 Å². The Balaban J connectivity index is 2.63.